The lowest BCUT2D eigenvalue weighted by Gasteiger charge is -2.50. The van der Waals surface area contributed by atoms with Crippen LogP contribution in [0.3, 0.4) is 0 Å². The zero-order valence-electron chi connectivity index (χ0n) is 12.7. The van der Waals surface area contributed by atoms with Gasteiger partial charge in [0.15, 0.2) is 0 Å². The molecule has 1 atom stereocenters. The number of aliphatic hydroxyl groups excluding tert-OH is 1. The number of rotatable bonds is 4. The molecule has 2 bridgehead atoms. The molecule has 0 radical (unpaired) electrons. The van der Waals surface area contributed by atoms with Gasteiger partial charge in [-0.05, 0) is 48.2 Å². The van der Waals surface area contributed by atoms with Crippen LogP contribution >= 0.6 is 0 Å². The van der Waals surface area contributed by atoms with E-state index in [4.69, 9.17) is 0 Å². The van der Waals surface area contributed by atoms with Gasteiger partial charge in [0.2, 0.25) is 0 Å². The van der Waals surface area contributed by atoms with E-state index in [1.807, 2.05) is 0 Å². The molecule has 1 unspecified atom stereocenters. The first kappa shape index (κ1) is 13.7. The van der Waals surface area contributed by atoms with Crippen LogP contribution in [0.15, 0.2) is 53.5 Å². The molecule has 0 heterocycles. The molecule has 0 fully saturated rings. The van der Waals surface area contributed by atoms with Gasteiger partial charge in [0.05, 0.1) is 12.6 Å². The van der Waals surface area contributed by atoms with Gasteiger partial charge in [-0.15, -0.1) is 0 Å². The Balaban J connectivity index is 1.91. The van der Waals surface area contributed by atoms with Crippen LogP contribution in [0.4, 0.5) is 0 Å². The number of nitrogens with zero attached hydrogens (tertiary/aromatic N) is 1. The Kier molecular flexibility index (Phi) is 3.16. The molecule has 2 heteroatoms. The standard InChI is InChI=1S/C20H21NO/c1-21-13-14(22)12-20-11-10-15(16-6-2-4-8-18(16)20)17-7-3-5-9-19(17)20/h2-9,14-15,22H,1,10-13H2. The molecule has 0 saturated carbocycles. The van der Waals surface area contributed by atoms with Gasteiger partial charge in [0, 0.05) is 11.3 Å². The highest BCUT2D eigenvalue weighted by Crippen LogP contribution is 2.57. The van der Waals surface area contributed by atoms with Gasteiger partial charge in [-0.3, -0.25) is 4.99 Å². The zero-order chi connectivity index (χ0) is 15.2. The monoisotopic (exact) mass is 291 g/mol. The topological polar surface area (TPSA) is 32.6 Å². The molecule has 0 saturated heterocycles. The maximum atomic E-state index is 10.4. The number of fused-ring (bicyclic) bond motifs is 1. The SMILES string of the molecule is C=NCC(O)CC12CCC(c3ccccc31)c1ccccc12. The minimum Gasteiger partial charge on any atom is -0.391 e. The molecule has 2 aromatic rings. The maximum absolute atomic E-state index is 10.4. The predicted molar refractivity (Wildman–Crippen MR) is 89.8 cm³/mol. The van der Waals surface area contributed by atoms with Crippen LogP contribution in [-0.4, -0.2) is 24.5 Å². The van der Waals surface area contributed by atoms with Gasteiger partial charge in [-0.25, -0.2) is 0 Å². The fraction of sp³-hybridized carbons (Fsp3) is 0.350. The van der Waals surface area contributed by atoms with Crippen LogP contribution in [-0.2, 0) is 5.41 Å². The molecule has 0 amide bonds. The molecule has 112 valence electrons. The zero-order valence-corrected chi connectivity index (χ0v) is 12.7. The Morgan fingerprint density at radius 3 is 2.27 bits per heavy atom. The average Bonchev–Trinajstić information content (AvgIpc) is 2.56. The van der Waals surface area contributed by atoms with E-state index in [-0.39, 0.29) is 5.41 Å². The second-order valence-corrected chi connectivity index (χ2v) is 6.61. The summed E-state index contributed by atoms with van der Waals surface area (Å²) in [6.07, 6.45) is 2.57. The summed E-state index contributed by atoms with van der Waals surface area (Å²) < 4.78 is 0. The normalized spacial score (nSPS) is 26.1. The van der Waals surface area contributed by atoms with Crippen LogP contribution in [0.25, 0.3) is 0 Å². The molecule has 3 aliphatic rings. The van der Waals surface area contributed by atoms with Crippen molar-refractivity contribution in [2.24, 2.45) is 4.99 Å². The Labute approximate surface area is 131 Å². The van der Waals surface area contributed by atoms with E-state index in [1.165, 1.54) is 28.7 Å². The summed E-state index contributed by atoms with van der Waals surface area (Å²) in [4.78, 5) is 3.89. The molecule has 0 aromatic heterocycles. The van der Waals surface area contributed by atoms with Crippen molar-refractivity contribution < 1.29 is 5.11 Å². The summed E-state index contributed by atoms with van der Waals surface area (Å²) in [5.74, 6) is 0.518. The highest BCUT2D eigenvalue weighted by Gasteiger charge is 2.48. The fourth-order valence-electron chi connectivity index (χ4n) is 4.69. The van der Waals surface area contributed by atoms with E-state index in [0.717, 1.165) is 12.8 Å². The van der Waals surface area contributed by atoms with Gasteiger partial charge in [0.25, 0.3) is 0 Å². The lowest BCUT2D eigenvalue weighted by Crippen LogP contribution is -2.42. The smallest absolute Gasteiger partial charge is 0.0746 e. The molecule has 2 nitrogen and oxygen atoms in total. The van der Waals surface area contributed by atoms with Crippen molar-refractivity contribution in [2.45, 2.75) is 36.7 Å². The van der Waals surface area contributed by atoms with E-state index >= 15 is 0 Å². The molecular weight excluding hydrogens is 270 g/mol. The van der Waals surface area contributed by atoms with Gasteiger partial charge < -0.3 is 5.11 Å². The summed E-state index contributed by atoms with van der Waals surface area (Å²) in [7, 11) is 0. The van der Waals surface area contributed by atoms with Crippen molar-refractivity contribution in [1.29, 1.82) is 0 Å². The third-order valence-electron chi connectivity index (χ3n) is 5.49. The fourth-order valence-corrected chi connectivity index (χ4v) is 4.69. The number of aliphatic hydroxyl groups is 1. The van der Waals surface area contributed by atoms with Crippen LogP contribution in [0.1, 0.15) is 47.4 Å². The van der Waals surface area contributed by atoms with E-state index in [0.29, 0.717) is 12.5 Å². The Hall–Kier alpha value is -1.93. The molecule has 0 aliphatic heterocycles. The van der Waals surface area contributed by atoms with Crippen molar-refractivity contribution in [3.8, 4) is 0 Å². The third-order valence-corrected chi connectivity index (χ3v) is 5.49. The van der Waals surface area contributed by atoms with Gasteiger partial charge in [0.1, 0.15) is 0 Å². The lowest BCUT2D eigenvalue weighted by atomic mass is 9.53. The molecule has 1 N–H and O–H groups in total. The quantitative estimate of drug-likeness (QED) is 0.857. The predicted octanol–water partition coefficient (Wildman–Crippen LogP) is 3.66. The van der Waals surface area contributed by atoms with E-state index in [2.05, 4.69) is 60.2 Å². The molecular formula is C20H21NO. The highest BCUT2D eigenvalue weighted by atomic mass is 16.3. The van der Waals surface area contributed by atoms with Gasteiger partial charge >= 0.3 is 0 Å². The molecule has 0 spiro atoms. The van der Waals surface area contributed by atoms with Crippen molar-refractivity contribution in [1.82, 2.24) is 0 Å². The number of aliphatic imine (C=N–C) groups is 1. The van der Waals surface area contributed by atoms with Gasteiger partial charge in [-0.2, -0.15) is 0 Å². The van der Waals surface area contributed by atoms with Crippen LogP contribution < -0.4 is 0 Å². The summed E-state index contributed by atoms with van der Waals surface area (Å²) in [5.41, 5.74) is 5.66. The van der Waals surface area contributed by atoms with Crippen molar-refractivity contribution >= 4 is 6.72 Å². The largest absolute Gasteiger partial charge is 0.391 e. The summed E-state index contributed by atoms with van der Waals surface area (Å²) in [6, 6.07) is 17.6. The van der Waals surface area contributed by atoms with Crippen LogP contribution in [0.2, 0.25) is 0 Å². The van der Waals surface area contributed by atoms with Crippen molar-refractivity contribution in [3.05, 3.63) is 70.8 Å². The number of hydrogen-bond donors (Lipinski definition) is 1. The first-order valence-corrected chi connectivity index (χ1v) is 8.05. The Morgan fingerprint density at radius 1 is 1.09 bits per heavy atom. The highest BCUT2D eigenvalue weighted by molar-refractivity contribution is 5.59. The van der Waals surface area contributed by atoms with Crippen LogP contribution in [0, 0.1) is 0 Å². The number of hydrogen-bond acceptors (Lipinski definition) is 2. The van der Waals surface area contributed by atoms with Crippen LogP contribution in [0.5, 0.6) is 0 Å². The lowest BCUT2D eigenvalue weighted by molar-refractivity contribution is 0.137. The summed E-state index contributed by atoms with van der Waals surface area (Å²) >= 11 is 0. The molecule has 22 heavy (non-hydrogen) atoms. The second kappa shape index (κ2) is 5.06. The van der Waals surface area contributed by atoms with Crippen molar-refractivity contribution in [2.75, 3.05) is 6.54 Å². The maximum Gasteiger partial charge on any atom is 0.0746 e. The number of benzene rings is 2. The van der Waals surface area contributed by atoms with Crippen molar-refractivity contribution in [3.63, 3.8) is 0 Å². The first-order valence-electron chi connectivity index (χ1n) is 8.05. The van der Waals surface area contributed by atoms with Gasteiger partial charge in [-0.1, -0.05) is 48.5 Å². The van der Waals surface area contributed by atoms with E-state index < -0.39 is 6.10 Å². The minimum absolute atomic E-state index is 0.0634. The Bertz CT molecular complexity index is 674. The third kappa shape index (κ3) is 1.80. The Morgan fingerprint density at radius 2 is 1.68 bits per heavy atom. The molecule has 2 aromatic carbocycles. The van der Waals surface area contributed by atoms with E-state index in [1.54, 1.807) is 0 Å². The van der Waals surface area contributed by atoms with E-state index in [9.17, 15) is 5.11 Å². The summed E-state index contributed by atoms with van der Waals surface area (Å²) in [6.45, 7) is 3.94. The first-order chi connectivity index (χ1) is 10.8. The second-order valence-electron chi connectivity index (χ2n) is 6.61. The summed E-state index contributed by atoms with van der Waals surface area (Å²) in [5, 5.41) is 10.4. The molecule has 5 rings (SSSR count). The minimum atomic E-state index is -0.437. The average molecular weight is 291 g/mol. The molecule has 3 aliphatic carbocycles.